The minimum absolute atomic E-state index is 0.144. The Kier molecular flexibility index (Phi) is 3.60. The highest BCUT2D eigenvalue weighted by atomic mass is 35.5. The molecule has 0 aliphatic carbocycles. The average Bonchev–Trinajstić information content (AvgIpc) is 2.71. The Bertz CT molecular complexity index is 457. The number of methoxy groups -OCH3 is 1. The largest absolute Gasteiger partial charge is 0.493 e. The van der Waals surface area contributed by atoms with Gasteiger partial charge < -0.3 is 15.2 Å². The molecule has 1 aliphatic heterocycles. The van der Waals surface area contributed by atoms with Crippen molar-refractivity contribution >= 4 is 17.7 Å². The molecule has 2 N–H and O–H groups in total. The fraction of sp³-hybridized carbons (Fsp3) is 0.385. The molecule has 0 spiro atoms. The third kappa shape index (κ3) is 2.26. The van der Waals surface area contributed by atoms with E-state index in [0.29, 0.717) is 6.54 Å². The molecular formula is C13H16ClNO2. The van der Waals surface area contributed by atoms with Crippen LogP contribution in [-0.4, -0.2) is 19.8 Å². The van der Waals surface area contributed by atoms with E-state index in [1.165, 1.54) is 0 Å². The molecule has 0 saturated carbocycles. The van der Waals surface area contributed by atoms with Crippen molar-refractivity contribution in [3.05, 3.63) is 28.3 Å². The van der Waals surface area contributed by atoms with Crippen LogP contribution in [0, 0.1) is 0 Å². The van der Waals surface area contributed by atoms with Gasteiger partial charge in [-0.05, 0) is 18.6 Å². The molecule has 1 aromatic carbocycles. The van der Waals surface area contributed by atoms with Crippen LogP contribution >= 0.6 is 11.6 Å². The third-order valence-electron chi connectivity index (χ3n) is 2.77. The van der Waals surface area contributed by atoms with Gasteiger partial charge in [-0.25, -0.2) is 0 Å². The molecule has 0 aromatic heterocycles. The van der Waals surface area contributed by atoms with Gasteiger partial charge in [0.1, 0.15) is 6.10 Å². The standard InChI is InChI=1S/C13H16ClNO2/c1-8-6-10-12(14)9(4-3-5-15)7-11(16-2)13(10)17-8/h3-4,7-8H,5-6,15H2,1-2H3/b4-3+. The van der Waals surface area contributed by atoms with E-state index in [2.05, 4.69) is 0 Å². The maximum Gasteiger partial charge on any atom is 0.166 e. The zero-order valence-corrected chi connectivity index (χ0v) is 10.8. The Hall–Kier alpha value is -1.19. The molecule has 3 nitrogen and oxygen atoms in total. The van der Waals surface area contributed by atoms with Gasteiger partial charge in [0.15, 0.2) is 11.5 Å². The normalized spacial score (nSPS) is 18.2. The van der Waals surface area contributed by atoms with E-state index < -0.39 is 0 Å². The molecule has 1 heterocycles. The lowest BCUT2D eigenvalue weighted by Gasteiger charge is -2.11. The zero-order valence-electron chi connectivity index (χ0n) is 10.00. The van der Waals surface area contributed by atoms with Crippen molar-refractivity contribution in [1.29, 1.82) is 0 Å². The lowest BCUT2D eigenvalue weighted by Crippen LogP contribution is -2.05. The molecule has 4 heteroatoms. The fourth-order valence-corrected chi connectivity index (χ4v) is 2.28. The second-order valence-electron chi connectivity index (χ2n) is 4.06. The average molecular weight is 254 g/mol. The molecule has 2 rings (SSSR count). The van der Waals surface area contributed by atoms with Crippen molar-refractivity contribution in [2.24, 2.45) is 5.73 Å². The van der Waals surface area contributed by atoms with Crippen LogP contribution in [0.4, 0.5) is 0 Å². The molecule has 0 bridgehead atoms. The number of hydrogen-bond acceptors (Lipinski definition) is 3. The smallest absolute Gasteiger partial charge is 0.166 e. The Morgan fingerprint density at radius 3 is 3.06 bits per heavy atom. The van der Waals surface area contributed by atoms with E-state index in [1.807, 2.05) is 25.1 Å². The molecule has 17 heavy (non-hydrogen) atoms. The SMILES string of the molecule is COc1cc(/C=C/CN)c(Cl)c2c1OC(C)C2. The van der Waals surface area contributed by atoms with Gasteiger partial charge in [0.25, 0.3) is 0 Å². The molecule has 92 valence electrons. The number of nitrogens with two attached hydrogens (primary N) is 1. The van der Waals surface area contributed by atoms with Crippen LogP contribution < -0.4 is 15.2 Å². The van der Waals surface area contributed by atoms with Crippen molar-refractivity contribution in [2.45, 2.75) is 19.4 Å². The molecule has 0 saturated heterocycles. The summed E-state index contributed by atoms with van der Waals surface area (Å²) in [7, 11) is 1.63. The van der Waals surface area contributed by atoms with E-state index >= 15 is 0 Å². The predicted octanol–water partition coefficient (Wildman–Crippen LogP) is 2.64. The lowest BCUT2D eigenvalue weighted by atomic mass is 10.1. The van der Waals surface area contributed by atoms with Crippen molar-refractivity contribution in [1.82, 2.24) is 0 Å². The lowest BCUT2D eigenvalue weighted by molar-refractivity contribution is 0.243. The summed E-state index contributed by atoms with van der Waals surface area (Å²) in [6.07, 6.45) is 4.74. The molecular weight excluding hydrogens is 238 g/mol. The minimum atomic E-state index is 0.144. The zero-order chi connectivity index (χ0) is 12.4. The Morgan fingerprint density at radius 1 is 1.65 bits per heavy atom. The molecule has 1 aromatic rings. The van der Waals surface area contributed by atoms with Crippen LogP contribution in [0.15, 0.2) is 12.1 Å². The summed E-state index contributed by atoms with van der Waals surface area (Å²) in [5.41, 5.74) is 7.39. The Labute approximate surface area is 106 Å². The van der Waals surface area contributed by atoms with Gasteiger partial charge in [-0.3, -0.25) is 0 Å². The number of hydrogen-bond donors (Lipinski definition) is 1. The quantitative estimate of drug-likeness (QED) is 0.901. The van der Waals surface area contributed by atoms with E-state index in [0.717, 1.165) is 34.1 Å². The molecule has 1 atom stereocenters. The summed E-state index contributed by atoms with van der Waals surface area (Å²) in [6, 6.07) is 1.88. The van der Waals surface area contributed by atoms with Gasteiger partial charge in [-0.2, -0.15) is 0 Å². The summed E-state index contributed by atoms with van der Waals surface area (Å²) >= 11 is 6.36. The maximum absolute atomic E-state index is 6.36. The molecule has 1 unspecified atom stereocenters. The summed E-state index contributed by atoms with van der Waals surface area (Å²) in [5.74, 6) is 1.50. The summed E-state index contributed by atoms with van der Waals surface area (Å²) in [4.78, 5) is 0. The van der Waals surface area contributed by atoms with Crippen LogP contribution in [0.2, 0.25) is 5.02 Å². The van der Waals surface area contributed by atoms with Crippen LogP contribution in [0.3, 0.4) is 0 Å². The second-order valence-corrected chi connectivity index (χ2v) is 4.44. The van der Waals surface area contributed by atoms with E-state index in [1.54, 1.807) is 7.11 Å². The van der Waals surface area contributed by atoms with Crippen molar-refractivity contribution in [3.63, 3.8) is 0 Å². The molecule has 1 aliphatic rings. The highest BCUT2D eigenvalue weighted by molar-refractivity contribution is 6.33. The van der Waals surface area contributed by atoms with Gasteiger partial charge in [0.05, 0.1) is 12.1 Å². The number of halogens is 1. The van der Waals surface area contributed by atoms with Gasteiger partial charge in [-0.1, -0.05) is 23.8 Å². The van der Waals surface area contributed by atoms with E-state index in [4.69, 9.17) is 26.8 Å². The van der Waals surface area contributed by atoms with Crippen molar-refractivity contribution < 1.29 is 9.47 Å². The van der Waals surface area contributed by atoms with Gasteiger partial charge >= 0.3 is 0 Å². The second kappa shape index (κ2) is 4.98. The van der Waals surface area contributed by atoms with E-state index in [-0.39, 0.29) is 6.10 Å². The first-order valence-corrected chi connectivity index (χ1v) is 5.97. The van der Waals surface area contributed by atoms with Crippen LogP contribution in [0.25, 0.3) is 6.08 Å². The van der Waals surface area contributed by atoms with Crippen molar-refractivity contribution in [2.75, 3.05) is 13.7 Å². The minimum Gasteiger partial charge on any atom is -0.493 e. The van der Waals surface area contributed by atoms with Crippen LogP contribution in [0.1, 0.15) is 18.1 Å². The predicted molar refractivity (Wildman–Crippen MR) is 69.9 cm³/mol. The van der Waals surface area contributed by atoms with Crippen molar-refractivity contribution in [3.8, 4) is 11.5 Å². The first-order valence-electron chi connectivity index (χ1n) is 5.60. The number of rotatable bonds is 3. The monoisotopic (exact) mass is 253 g/mol. The molecule has 0 amide bonds. The van der Waals surface area contributed by atoms with Gasteiger partial charge in [0, 0.05) is 18.5 Å². The maximum atomic E-state index is 6.36. The fourth-order valence-electron chi connectivity index (χ4n) is 2.00. The summed E-state index contributed by atoms with van der Waals surface area (Å²) < 4.78 is 11.0. The molecule has 0 fully saturated rings. The van der Waals surface area contributed by atoms with Gasteiger partial charge in [-0.15, -0.1) is 0 Å². The van der Waals surface area contributed by atoms with E-state index in [9.17, 15) is 0 Å². The number of benzene rings is 1. The summed E-state index contributed by atoms with van der Waals surface area (Å²) in [6.45, 7) is 2.51. The highest BCUT2D eigenvalue weighted by Crippen LogP contribution is 2.44. The topological polar surface area (TPSA) is 44.5 Å². The highest BCUT2D eigenvalue weighted by Gasteiger charge is 2.27. The number of fused-ring (bicyclic) bond motifs is 1. The van der Waals surface area contributed by atoms with Gasteiger partial charge in [0.2, 0.25) is 0 Å². The van der Waals surface area contributed by atoms with Crippen LogP contribution in [0.5, 0.6) is 11.5 Å². The molecule has 0 radical (unpaired) electrons. The first kappa shape index (κ1) is 12.3. The Balaban J connectivity index is 2.51. The summed E-state index contributed by atoms with van der Waals surface area (Å²) in [5, 5.41) is 0.731. The third-order valence-corrected chi connectivity index (χ3v) is 3.21. The van der Waals surface area contributed by atoms with Crippen LogP contribution in [-0.2, 0) is 6.42 Å². The first-order chi connectivity index (χ1) is 8.17. The number of ether oxygens (including phenoxy) is 2. The Morgan fingerprint density at radius 2 is 2.41 bits per heavy atom.